The molecule has 2 heteroatoms. The van der Waals surface area contributed by atoms with Gasteiger partial charge in [0.05, 0.1) is 0 Å². The zero-order valence-electron chi connectivity index (χ0n) is 7.21. The third kappa shape index (κ3) is 1.06. The minimum atomic E-state index is 0.779. The first-order valence-corrected chi connectivity index (χ1v) is 4.48. The summed E-state index contributed by atoms with van der Waals surface area (Å²) >= 11 is 0. The normalized spacial score (nSPS) is 36.5. The van der Waals surface area contributed by atoms with Crippen LogP contribution in [0.3, 0.4) is 0 Å². The van der Waals surface area contributed by atoms with Gasteiger partial charge in [-0.3, -0.25) is 4.90 Å². The number of piperazine rings is 1. The maximum Gasteiger partial charge on any atom is 0.0426 e. The Morgan fingerprint density at radius 2 is 2.45 bits per heavy atom. The smallest absolute Gasteiger partial charge is 0.0426 e. The summed E-state index contributed by atoms with van der Waals surface area (Å²) in [6.07, 6.45) is 1.34. The summed E-state index contributed by atoms with van der Waals surface area (Å²) in [7, 11) is 0. The van der Waals surface area contributed by atoms with Crippen molar-refractivity contribution in [2.24, 2.45) is 0 Å². The predicted molar refractivity (Wildman–Crippen MR) is 46.4 cm³/mol. The molecule has 2 unspecified atom stereocenters. The van der Waals surface area contributed by atoms with Gasteiger partial charge in [0.15, 0.2) is 0 Å². The van der Waals surface area contributed by atoms with Gasteiger partial charge in [-0.25, -0.2) is 0 Å². The summed E-state index contributed by atoms with van der Waals surface area (Å²) in [5.74, 6) is 0. The average molecular weight is 152 g/mol. The highest BCUT2D eigenvalue weighted by atomic mass is 15.3. The maximum absolute atomic E-state index is 4.09. The highest BCUT2D eigenvalue weighted by molar-refractivity contribution is 5.07. The van der Waals surface area contributed by atoms with Crippen LogP contribution < -0.4 is 0 Å². The topological polar surface area (TPSA) is 6.48 Å². The lowest BCUT2D eigenvalue weighted by atomic mass is 10.2. The molecule has 2 aliphatic heterocycles. The van der Waals surface area contributed by atoms with Crippen molar-refractivity contribution in [3.63, 3.8) is 0 Å². The molecule has 2 saturated heterocycles. The van der Waals surface area contributed by atoms with Crippen molar-refractivity contribution in [1.82, 2.24) is 9.80 Å². The van der Waals surface area contributed by atoms with Gasteiger partial charge in [-0.1, -0.05) is 6.58 Å². The molecule has 62 valence electrons. The predicted octanol–water partition coefficient (Wildman–Crippen LogP) is 0.910. The zero-order valence-corrected chi connectivity index (χ0v) is 7.21. The van der Waals surface area contributed by atoms with Crippen molar-refractivity contribution in [2.45, 2.75) is 19.4 Å². The molecule has 2 atom stereocenters. The lowest BCUT2D eigenvalue weighted by Gasteiger charge is -2.37. The molecule has 0 aromatic carbocycles. The van der Waals surface area contributed by atoms with Crippen LogP contribution in [-0.4, -0.2) is 42.0 Å². The Bertz CT molecular complexity index is 176. The summed E-state index contributed by atoms with van der Waals surface area (Å²) in [4.78, 5) is 4.96. The van der Waals surface area contributed by atoms with Crippen molar-refractivity contribution >= 4 is 0 Å². The molecule has 2 heterocycles. The molecule has 0 aliphatic carbocycles. The molecular weight excluding hydrogens is 136 g/mol. The summed E-state index contributed by atoms with van der Waals surface area (Å²) in [6, 6.07) is 0.779. The molecule has 2 aliphatic rings. The molecule has 0 aromatic rings. The molecule has 2 bridgehead atoms. The molecule has 2 nitrogen and oxygen atoms in total. The van der Waals surface area contributed by atoms with Gasteiger partial charge in [-0.15, -0.1) is 0 Å². The van der Waals surface area contributed by atoms with E-state index in [-0.39, 0.29) is 0 Å². The molecule has 0 amide bonds. The van der Waals surface area contributed by atoms with E-state index in [1.165, 1.54) is 25.2 Å². The molecule has 2 rings (SSSR count). The van der Waals surface area contributed by atoms with Crippen molar-refractivity contribution in [3.8, 4) is 0 Å². The van der Waals surface area contributed by atoms with E-state index in [1.54, 1.807) is 0 Å². The fourth-order valence-electron chi connectivity index (χ4n) is 2.30. The highest BCUT2D eigenvalue weighted by Gasteiger charge is 2.32. The van der Waals surface area contributed by atoms with Gasteiger partial charge in [0.25, 0.3) is 0 Å². The molecule has 0 saturated carbocycles. The maximum atomic E-state index is 4.09. The third-order valence-electron chi connectivity index (χ3n) is 2.84. The molecule has 0 N–H and O–H groups in total. The van der Waals surface area contributed by atoms with Crippen molar-refractivity contribution in [1.29, 1.82) is 0 Å². The first-order chi connectivity index (χ1) is 5.31. The molecule has 11 heavy (non-hydrogen) atoms. The molecule has 2 fully saturated rings. The van der Waals surface area contributed by atoms with E-state index in [1.807, 2.05) is 0 Å². The van der Waals surface area contributed by atoms with Gasteiger partial charge in [-0.05, 0) is 13.3 Å². The number of rotatable bonds is 1. The van der Waals surface area contributed by atoms with Crippen LogP contribution >= 0.6 is 0 Å². The third-order valence-corrected chi connectivity index (χ3v) is 2.84. The van der Waals surface area contributed by atoms with Gasteiger partial charge in [0.1, 0.15) is 0 Å². The van der Waals surface area contributed by atoms with Crippen molar-refractivity contribution < 1.29 is 0 Å². The second kappa shape index (κ2) is 2.52. The van der Waals surface area contributed by atoms with Crippen molar-refractivity contribution in [2.75, 3.05) is 26.2 Å². The Kier molecular flexibility index (Phi) is 1.64. The van der Waals surface area contributed by atoms with E-state index < -0.39 is 0 Å². The van der Waals surface area contributed by atoms with Gasteiger partial charge < -0.3 is 4.90 Å². The Balaban J connectivity index is 2.13. The Labute approximate surface area is 68.5 Å². The van der Waals surface area contributed by atoms with E-state index in [4.69, 9.17) is 0 Å². The monoisotopic (exact) mass is 152 g/mol. The number of fused-ring (bicyclic) bond motifs is 2. The second-order valence-electron chi connectivity index (χ2n) is 3.53. The summed E-state index contributed by atoms with van der Waals surface area (Å²) in [5, 5.41) is 0. The Morgan fingerprint density at radius 1 is 1.64 bits per heavy atom. The van der Waals surface area contributed by atoms with Crippen LogP contribution in [0.1, 0.15) is 13.3 Å². The van der Waals surface area contributed by atoms with E-state index in [2.05, 4.69) is 23.3 Å². The second-order valence-corrected chi connectivity index (χ2v) is 3.53. The lowest BCUT2D eigenvalue weighted by molar-refractivity contribution is 0.193. The van der Waals surface area contributed by atoms with Crippen molar-refractivity contribution in [3.05, 3.63) is 12.3 Å². The lowest BCUT2D eigenvalue weighted by Crippen LogP contribution is -2.44. The Hall–Kier alpha value is -0.500. The fraction of sp³-hybridized carbons (Fsp3) is 0.778. The minimum absolute atomic E-state index is 0.779. The van der Waals surface area contributed by atoms with E-state index in [9.17, 15) is 0 Å². The zero-order chi connectivity index (χ0) is 7.84. The average Bonchev–Trinajstić information content (AvgIpc) is 2.34. The largest absolute Gasteiger partial charge is 0.370 e. The van der Waals surface area contributed by atoms with Gasteiger partial charge >= 0.3 is 0 Å². The fourth-order valence-corrected chi connectivity index (χ4v) is 2.30. The number of likely N-dealkylation sites (N-methyl/N-ethyl adjacent to an activating group) is 1. The number of nitrogens with zero attached hydrogens (tertiary/aromatic N) is 2. The molecule has 0 radical (unpaired) electrons. The van der Waals surface area contributed by atoms with E-state index >= 15 is 0 Å². The summed E-state index contributed by atoms with van der Waals surface area (Å²) in [5.41, 5.74) is 1.32. The highest BCUT2D eigenvalue weighted by Crippen LogP contribution is 2.25. The number of hydrogen-bond donors (Lipinski definition) is 0. The van der Waals surface area contributed by atoms with Gasteiger partial charge in [0, 0.05) is 37.9 Å². The first-order valence-electron chi connectivity index (χ1n) is 4.48. The van der Waals surface area contributed by atoms with Crippen LogP contribution in [0, 0.1) is 0 Å². The van der Waals surface area contributed by atoms with Gasteiger partial charge in [0.2, 0.25) is 0 Å². The van der Waals surface area contributed by atoms with Crippen LogP contribution in [0.4, 0.5) is 0 Å². The minimum Gasteiger partial charge on any atom is -0.370 e. The van der Waals surface area contributed by atoms with Crippen LogP contribution in [0.5, 0.6) is 0 Å². The van der Waals surface area contributed by atoms with Crippen LogP contribution in [0.15, 0.2) is 12.3 Å². The van der Waals surface area contributed by atoms with Crippen LogP contribution in [-0.2, 0) is 0 Å². The van der Waals surface area contributed by atoms with Gasteiger partial charge in [-0.2, -0.15) is 0 Å². The Morgan fingerprint density at radius 3 is 3.18 bits per heavy atom. The molecule has 0 aromatic heterocycles. The first kappa shape index (κ1) is 7.17. The quantitative estimate of drug-likeness (QED) is 0.551. The standard InChI is InChI=1S/C9H16N2/c1-3-11-8(2)6-10-5-4-9(11)7-10/h9H,2-7H2,1H3. The molecular formula is C9H16N2. The number of hydrogen-bond acceptors (Lipinski definition) is 2. The van der Waals surface area contributed by atoms with E-state index in [0.717, 1.165) is 19.1 Å². The summed E-state index contributed by atoms with van der Waals surface area (Å²) in [6.45, 7) is 11.1. The molecule has 0 spiro atoms. The van der Waals surface area contributed by atoms with Crippen LogP contribution in [0.2, 0.25) is 0 Å². The summed E-state index contributed by atoms with van der Waals surface area (Å²) < 4.78 is 0. The van der Waals surface area contributed by atoms with E-state index in [0.29, 0.717) is 0 Å². The van der Waals surface area contributed by atoms with Crippen LogP contribution in [0.25, 0.3) is 0 Å². The SMILES string of the molecule is C=C1CN2CCC(C2)N1CC.